The van der Waals surface area contributed by atoms with E-state index >= 15 is 0 Å². The third kappa shape index (κ3) is 2.59. The van der Waals surface area contributed by atoms with Crippen LogP contribution in [0.3, 0.4) is 0 Å². The second-order valence-electron chi connectivity index (χ2n) is 6.46. The van der Waals surface area contributed by atoms with Gasteiger partial charge in [0.2, 0.25) is 0 Å². The molecule has 1 aliphatic rings. The van der Waals surface area contributed by atoms with Crippen LogP contribution in [0.15, 0.2) is 60.7 Å². The maximum absolute atomic E-state index is 6.06. The summed E-state index contributed by atoms with van der Waals surface area (Å²) < 4.78 is 0. The predicted octanol–water partition coefficient (Wildman–Crippen LogP) is 6.62. The Morgan fingerprint density at radius 2 is 1.56 bits per heavy atom. The third-order valence-electron chi connectivity index (χ3n) is 5.06. The zero-order chi connectivity index (χ0) is 16.1. The van der Waals surface area contributed by atoms with Gasteiger partial charge in [-0.15, -0.1) is 12.4 Å². The molecule has 3 heteroatoms. The smallest absolute Gasteiger partial charge is 0.0744 e. The van der Waals surface area contributed by atoms with Gasteiger partial charge in [-0.25, -0.2) is 4.98 Å². The van der Waals surface area contributed by atoms with Crippen molar-refractivity contribution in [2.45, 2.75) is 19.3 Å². The first kappa shape index (κ1) is 16.4. The second-order valence-corrected chi connectivity index (χ2v) is 6.90. The van der Waals surface area contributed by atoms with E-state index in [9.17, 15) is 0 Å². The Morgan fingerprint density at radius 1 is 0.800 bits per heavy atom. The van der Waals surface area contributed by atoms with Crippen molar-refractivity contribution in [3.05, 3.63) is 76.8 Å². The van der Waals surface area contributed by atoms with E-state index in [0.717, 1.165) is 34.6 Å². The Morgan fingerprint density at radius 3 is 2.40 bits per heavy atom. The lowest BCUT2D eigenvalue weighted by Gasteiger charge is -2.13. The molecular formula is C22H17Cl2N. The van der Waals surface area contributed by atoms with Crippen LogP contribution in [0.4, 0.5) is 0 Å². The second kappa shape index (κ2) is 6.33. The summed E-state index contributed by atoms with van der Waals surface area (Å²) in [7, 11) is 0. The molecule has 0 spiro atoms. The molecule has 0 saturated heterocycles. The van der Waals surface area contributed by atoms with E-state index in [1.165, 1.54) is 33.7 Å². The number of aromatic nitrogens is 1. The van der Waals surface area contributed by atoms with Crippen LogP contribution >= 0.6 is 24.0 Å². The summed E-state index contributed by atoms with van der Waals surface area (Å²) in [6.07, 6.45) is 3.46. The van der Waals surface area contributed by atoms with Gasteiger partial charge in [-0.1, -0.05) is 54.1 Å². The van der Waals surface area contributed by atoms with Crippen molar-refractivity contribution in [3.8, 4) is 11.3 Å². The first-order valence-corrected chi connectivity index (χ1v) is 8.78. The zero-order valence-electron chi connectivity index (χ0n) is 13.6. The molecule has 0 atom stereocenters. The Bertz CT molecular complexity index is 1080. The monoisotopic (exact) mass is 365 g/mol. The highest BCUT2D eigenvalue weighted by Crippen LogP contribution is 2.38. The van der Waals surface area contributed by atoms with E-state index in [1.807, 2.05) is 12.1 Å². The normalized spacial score (nSPS) is 13.0. The Hall–Kier alpha value is -2.09. The number of rotatable bonds is 1. The molecule has 124 valence electrons. The molecule has 4 aromatic rings. The highest BCUT2D eigenvalue weighted by Gasteiger charge is 2.21. The van der Waals surface area contributed by atoms with Crippen molar-refractivity contribution in [2.75, 3.05) is 0 Å². The number of pyridine rings is 1. The summed E-state index contributed by atoms with van der Waals surface area (Å²) in [5.74, 6) is 0. The minimum absolute atomic E-state index is 0. The van der Waals surface area contributed by atoms with Crippen molar-refractivity contribution >= 4 is 45.7 Å². The SMILES string of the molecule is Cl.Clc1ccc(-c2nc3ccc4ccccc4c3c3c2CCC3)cc1. The number of nitrogens with zero attached hydrogens (tertiary/aromatic N) is 1. The van der Waals surface area contributed by atoms with E-state index in [-0.39, 0.29) is 12.4 Å². The average molecular weight is 366 g/mol. The Labute approximate surface area is 158 Å². The van der Waals surface area contributed by atoms with Gasteiger partial charge in [0, 0.05) is 16.0 Å². The van der Waals surface area contributed by atoms with Crippen molar-refractivity contribution in [3.63, 3.8) is 0 Å². The molecule has 1 nitrogen and oxygen atoms in total. The van der Waals surface area contributed by atoms with Gasteiger partial charge >= 0.3 is 0 Å². The van der Waals surface area contributed by atoms with E-state index in [2.05, 4.69) is 48.5 Å². The lowest BCUT2D eigenvalue weighted by molar-refractivity contribution is 0.913. The van der Waals surface area contributed by atoms with Gasteiger partial charge in [-0.05, 0) is 59.4 Å². The molecule has 0 radical (unpaired) electrons. The van der Waals surface area contributed by atoms with Gasteiger partial charge in [0.15, 0.2) is 0 Å². The van der Waals surface area contributed by atoms with Crippen LogP contribution in [0.1, 0.15) is 17.5 Å². The molecule has 1 heterocycles. The topological polar surface area (TPSA) is 12.9 Å². The molecule has 0 bridgehead atoms. The largest absolute Gasteiger partial charge is 0.247 e. The lowest BCUT2D eigenvalue weighted by Crippen LogP contribution is -1.96. The predicted molar refractivity (Wildman–Crippen MR) is 109 cm³/mol. The summed E-state index contributed by atoms with van der Waals surface area (Å²) in [5.41, 5.74) is 6.29. The molecule has 0 N–H and O–H groups in total. The Balaban J connectivity index is 0.00000157. The van der Waals surface area contributed by atoms with Gasteiger partial charge in [-0.2, -0.15) is 0 Å². The van der Waals surface area contributed by atoms with E-state index in [1.54, 1.807) is 0 Å². The zero-order valence-corrected chi connectivity index (χ0v) is 15.2. The number of fused-ring (bicyclic) bond motifs is 5. The van der Waals surface area contributed by atoms with Crippen LogP contribution in [0, 0.1) is 0 Å². The van der Waals surface area contributed by atoms with Gasteiger partial charge < -0.3 is 0 Å². The number of hydrogen-bond donors (Lipinski definition) is 0. The molecule has 25 heavy (non-hydrogen) atoms. The van der Waals surface area contributed by atoms with Crippen LogP contribution in [0.5, 0.6) is 0 Å². The van der Waals surface area contributed by atoms with E-state index < -0.39 is 0 Å². The van der Waals surface area contributed by atoms with Crippen LogP contribution in [-0.4, -0.2) is 4.98 Å². The van der Waals surface area contributed by atoms with Crippen molar-refractivity contribution in [1.29, 1.82) is 0 Å². The first-order chi connectivity index (χ1) is 11.8. The molecular weight excluding hydrogens is 349 g/mol. The number of hydrogen-bond acceptors (Lipinski definition) is 1. The molecule has 0 aliphatic heterocycles. The molecule has 0 fully saturated rings. The fraction of sp³-hybridized carbons (Fsp3) is 0.136. The maximum atomic E-state index is 6.06. The molecule has 3 aromatic carbocycles. The lowest BCUT2D eigenvalue weighted by atomic mass is 9.95. The van der Waals surface area contributed by atoms with E-state index in [0.29, 0.717) is 0 Å². The summed E-state index contributed by atoms with van der Waals surface area (Å²) in [6.45, 7) is 0. The van der Waals surface area contributed by atoms with Crippen LogP contribution in [-0.2, 0) is 12.8 Å². The number of halogens is 2. The summed E-state index contributed by atoms with van der Waals surface area (Å²) in [4.78, 5) is 5.05. The standard InChI is InChI=1S/C22H16ClN.ClH/c23-16-11-8-15(9-12-16)22-19-7-3-6-18(19)21-17-5-2-1-4-14(17)10-13-20(21)24-22;/h1-2,4-5,8-13H,3,6-7H2;1H. The van der Waals surface area contributed by atoms with Crippen molar-refractivity contribution in [1.82, 2.24) is 4.98 Å². The van der Waals surface area contributed by atoms with Crippen LogP contribution in [0.25, 0.3) is 32.9 Å². The molecule has 0 unspecified atom stereocenters. The minimum Gasteiger partial charge on any atom is -0.247 e. The maximum Gasteiger partial charge on any atom is 0.0744 e. The van der Waals surface area contributed by atoms with Crippen LogP contribution < -0.4 is 0 Å². The van der Waals surface area contributed by atoms with E-state index in [4.69, 9.17) is 16.6 Å². The first-order valence-electron chi connectivity index (χ1n) is 8.40. The summed E-state index contributed by atoms with van der Waals surface area (Å²) >= 11 is 6.06. The van der Waals surface area contributed by atoms with Gasteiger partial charge in [0.05, 0.1) is 11.2 Å². The molecule has 0 amide bonds. The summed E-state index contributed by atoms with van der Waals surface area (Å²) in [6, 6.07) is 21.0. The highest BCUT2D eigenvalue weighted by atomic mass is 35.5. The molecule has 0 saturated carbocycles. The Kier molecular flexibility index (Phi) is 4.15. The van der Waals surface area contributed by atoms with Gasteiger partial charge in [-0.3, -0.25) is 0 Å². The fourth-order valence-corrected chi connectivity index (χ4v) is 4.11. The molecule has 1 aromatic heterocycles. The minimum atomic E-state index is 0. The quantitative estimate of drug-likeness (QED) is 0.345. The number of aryl methyl sites for hydroxylation is 1. The fourth-order valence-electron chi connectivity index (χ4n) is 3.99. The summed E-state index contributed by atoms with van der Waals surface area (Å²) in [5, 5.41) is 4.73. The highest BCUT2D eigenvalue weighted by molar-refractivity contribution is 6.30. The van der Waals surface area contributed by atoms with Crippen molar-refractivity contribution in [2.24, 2.45) is 0 Å². The van der Waals surface area contributed by atoms with Crippen molar-refractivity contribution < 1.29 is 0 Å². The van der Waals surface area contributed by atoms with Gasteiger partial charge in [0.25, 0.3) is 0 Å². The third-order valence-corrected chi connectivity index (χ3v) is 5.31. The molecule has 1 aliphatic carbocycles. The molecule has 5 rings (SSSR count). The average Bonchev–Trinajstić information content (AvgIpc) is 3.11. The van der Waals surface area contributed by atoms with Gasteiger partial charge in [0.1, 0.15) is 0 Å². The number of benzene rings is 3. The van der Waals surface area contributed by atoms with Crippen LogP contribution in [0.2, 0.25) is 5.02 Å².